The molecule has 0 bridgehead atoms. The predicted molar refractivity (Wildman–Crippen MR) is 113 cm³/mol. The Balaban J connectivity index is 1.31. The average molecular weight is 408 g/mol. The number of aromatic nitrogens is 2. The van der Waals surface area contributed by atoms with Crippen molar-refractivity contribution in [3.8, 4) is 11.5 Å². The molecule has 0 saturated heterocycles. The molecule has 2 amide bonds. The van der Waals surface area contributed by atoms with E-state index in [1.54, 1.807) is 18.2 Å². The zero-order valence-electron chi connectivity index (χ0n) is 16.8. The number of nitrogens with one attached hydrogen (secondary N) is 2. The van der Waals surface area contributed by atoms with E-state index < -0.39 is 0 Å². The summed E-state index contributed by atoms with van der Waals surface area (Å²) in [5.74, 6) is 1.69. The summed E-state index contributed by atoms with van der Waals surface area (Å²) in [6, 6.07) is 13.0. The number of ether oxygens (including phenoxy) is 2. The van der Waals surface area contributed by atoms with Crippen LogP contribution in [-0.2, 0) is 16.0 Å². The number of anilines is 1. The molecule has 8 nitrogen and oxygen atoms in total. The Labute approximate surface area is 174 Å². The third kappa shape index (κ3) is 4.53. The predicted octanol–water partition coefficient (Wildman–Crippen LogP) is 2.75. The molecule has 0 saturated carbocycles. The van der Waals surface area contributed by atoms with Gasteiger partial charge < -0.3 is 24.7 Å². The molecule has 0 unspecified atom stereocenters. The summed E-state index contributed by atoms with van der Waals surface area (Å²) in [4.78, 5) is 34.3. The van der Waals surface area contributed by atoms with Crippen LogP contribution in [0.25, 0.3) is 11.0 Å². The van der Waals surface area contributed by atoms with Crippen molar-refractivity contribution in [2.24, 2.45) is 0 Å². The standard InChI is InChI=1S/C22H24N4O4/c1-2-26(22(28)10-9-20-24-16-5-3-4-6-17(16)25-20)14-21(27)23-15-7-8-18-19(13-15)30-12-11-29-18/h3-8,13H,2,9-12,14H2,1H3,(H,23,27)(H,24,25). The van der Waals surface area contributed by atoms with E-state index in [2.05, 4.69) is 15.3 Å². The molecule has 4 rings (SSSR count). The van der Waals surface area contributed by atoms with E-state index in [0.717, 1.165) is 16.9 Å². The highest BCUT2D eigenvalue weighted by Gasteiger charge is 2.18. The van der Waals surface area contributed by atoms with E-state index in [9.17, 15) is 9.59 Å². The molecule has 1 aromatic heterocycles. The van der Waals surface area contributed by atoms with E-state index in [-0.39, 0.29) is 24.8 Å². The Kier molecular flexibility index (Phi) is 5.83. The molecule has 156 valence electrons. The molecular formula is C22H24N4O4. The van der Waals surface area contributed by atoms with Gasteiger partial charge in [-0.25, -0.2) is 4.98 Å². The molecule has 0 spiro atoms. The fourth-order valence-electron chi connectivity index (χ4n) is 3.38. The number of amides is 2. The highest BCUT2D eigenvalue weighted by Crippen LogP contribution is 2.32. The smallest absolute Gasteiger partial charge is 0.243 e. The van der Waals surface area contributed by atoms with Crippen molar-refractivity contribution in [1.29, 1.82) is 0 Å². The van der Waals surface area contributed by atoms with Crippen LogP contribution in [-0.4, -0.2) is 53.0 Å². The molecule has 1 aliphatic heterocycles. The first-order chi connectivity index (χ1) is 14.6. The number of aryl methyl sites for hydroxylation is 1. The number of imidazole rings is 1. The number of carbonyl (C=O) groups excluding carboxylic acids is 2. The number of nitrogens with zero attached hydrogens (tertiary/aromatic N) is 2. The van der Waals surface area contributed by atoms with Crippen molar-refractivity contribution in [2.45, 2.75) is 19.8 Å². The Hall–Kier alpha value is -3.55. The van der Waals surface area contributed by atoms with Crippen molar-refractivity contribution in [3.63, 3.8) is 0 Å². The number of aromatic amines is 1. The number of rotatable bonds is 7. The van der Waals surface area contributed by atoms with Gasteiger partial charge in [0.1, 0.15) is 19.0 Å². The van der Waals surface area contributed by atoms with Crippen LogP contribution in [0.5, 0.6) is 11.5 Å². The SMILES string of the molecule is CCN(CC(=O)Nc1ccc2c(c1)OCCO2)C(=O)CCc1nc2ccccc2[nH]1. The Morgan fingerprint density at radius 1 is 1.13 bits per heavy atom. The maximum Gasteiger partial charge on any atom is 0.243 e. The van der Waals surface area contributed by atoms with E-state index in [0.29, 0.717) is 43.4 Å². The minimum absolute atomic E-state index is 0.0100. The molecule has 2 aromatic carbocycles. The summed E-state index contributed by atoms with van der Waals surface area (Å²) in [5.41, 5.74) is 2.44. The molecule has 2 heterocycles. The number of benzene rings is 2. The normalized spacial score (nSPS) is 12.6. The van der Waals surface area contributed by atoms with Crippen molar-refractivity contribution in [3.05, 3.63) is 48.3 Å². The van der Waals surface area contributed by atoms with Gasteiger partial charge in [0, 0.05) is 31.1 Å². The first-order valence-corrected chi connectivity index (χ1v) is 10.0. The van der Waals surface area contributed by atoms with Gasteiger partial charge in [-0.15, -0.1) is 0 Å². The first kappa shape index (κ1) is 19.8. The van der Waals surface area contributed by atoms with Gasteiger partial charge in [0.15, 0.2) is 11.5 Å². The molecule has 0 atom stereocenters. The largest absolute Gasteiger partial charge is 0.486 e. The number of carbonyl (C=O) groups is 2. The highest BCUT2D eigenvalue weighted by atomic mass is 16.6. The zero-order valence-corrected chi connectivity index (χ0v) is 16.8. The highest BCUT2D eigenvalue weighted by molar-refractivity contribution is 5.94. The van der Waals surface area contributed by atoms with Crippen molar-refractivity contribution < 1.29 is 19.1 Å². The van der Waals surface area contributed by atoms with Gasteiger partial charge >= 0.3 is 0 Å². The molecule has 0 fully saturated rings. The summed E-state index contributed by atoms with van der Waals surface area (Å²) >= 11 is 0. The lowest BCUT2D eigenvalue weighted by Gasteiger charge is -2.21. The third-order valence-corrected chi connectivity index (χ3v) is 4.91. The van der Waals surface area contributed by atoms with Crippen LogP contribution >= 0.6 is 0 Å². The first-order valence-electron chi connectivity index (χ1n) is 10.0. The topological polar surface area (TPSA) is 96.6 Å². The third-order valence-electron chi connectivity index (χ3n) is 4.91. The summed E-state index contributed by atoms with van der Waals surface area (Å²) in [7, 11) is 0. The van der Waals surface area contributed by atoms with Gasteiger partial charge in [-0.2, -0.15) is 0 Å². The number of H-pyrrole nitrogens is 1. The lowest BCUT2D eigenvalue weighted by Crippen LogP contribution is -2.38. The quantitative estimate of drug-likeness (QED) is 0.627. The molecule has 1 aliphatic rings. The number of para-hydroxylation sites is 2. The number of hydrogen-bond donors (Lipinski definition) is 2. The summed E-state index contributed by atoms with van der Waals surface area (Å²) in [5, 5.41) is 2.82. The second-order valence-corrected chi connectivity index (χ2v) is 7.02. The molecule has 30 heavy (non-hydrogen) atoms. The van der Waals surface area contributed by atoms with Crippen LogP contribution in [0, 0.1) is 0 Å². The van der Waals surface area contributed by atoms with Crippen LogP contribution in [0.4, 0.5) is 5.69 Å². The van der Waals surface area contributed by atoms with Gasteiger partial charge in [-0.05, 0) is 31.2 Å². The molecule has 0 aliphatic carbocycles. The zero-order chi connectivity index (χ0) is 20.9. The Morgan fingerprint density at radius 2 is 1.93 bits per heavy atom. The maximum absolute atomic E-state index is 12.6. The van der Waals surface area contributed by atoms with Gasteiger partial charge in [0.25, 0.3) is 0 Å². The van der Waals surface area contributed by atoms with Crippen LogP contribution in [0.3, 0.4) is 0 Å². The second kappa shape index (κ2) is 8.86. The van der Waals surface area contributed by atoms with E-state index >= 15 is 0 Å². The van der Waals surface area contributed by atoms with E-state index in [1.165, 1.54) is 4.90 Å². The van der Waals surface area contributed by atoms with Gasteiger partial charge in [0.05, 0.1) is 17.6 Å². The van der Waals surface area contributed by atoms with E-state index in [4.69, 9.17) is 9.47 Å². The summed E-state index contributed by atoms with van der Waals surface area (Å²) in [6.45, 7) is 3.29. The molecule has 0 radical (unpaired) electrons. The Bertz CT molecular complexity index is 1030. The lowest BCUT2D eigenvalue weighted by atomic mass is 10.2. The summed E-state index contributed by atoms with van der Waals surface area (Å²) in [6.07, 6.45) is 0.777. The van der Waals surface area contributed by atoms with E-state index in [1.807, 2.05) is 31.2 Å². The lowest BCUT2D eigenvalue weighted by molar-refractivity contribution is -0.134. The Morgan fingerprint density at radius 3 is 2.73 bits per heavy atom. The molecule has 2 N–H and O–H groups in total. The maximum atomic E-state index is 12.6. The molecular weight excluding hydrogens is 384 g/mol. The number of fused-ring (bicyclic) bond motifs is 2. The number of likely N-dealkylation sites (N-methyl/N-ethyl adjacent to an activating group) is 1. The monoisotopic (exact) mass is 408 g/mol. The fraction of sp³-hybridized carbons (Fsp3) is 0.318. The van der Waals surface area contributed by atoms with Crippen LogP contribution in [0.2, 0.25) is 0 Å². The van der Waals surface area contributed by atoms with Crippen molar-refractivity contribution >= 4 is 28.5 Å². The van der Waals surface area contributed by atoms with Gasteiger partial charge in [0.2, 0.25) is 11.8 Å². The second-order valence-electron chi connectivity index (χ2n) is 7.02. The molecule has 3 aromatic rings. The van der Waals surface area contributed by atoms with Crippen LogP contribution < -0.4 is 14.8 Å². The minimum atomic E-state index is -0.259. The molecule has 8 heteroatoms. The fourth-order valence-corrected chi connectivity index (χ4v) is 3.38. The van der Waals surface area contributed by atoms with Gasteiger partial charge in [-0.3, -0.25) is 9.59 Å². The van der Waals surface area contributed by atoms with Crippen LogP contribution in [0.1, 0.15) is 19.2 Å². The van der Waals surface area contributed by atoms with Crippen LogP contribution in [0.15, 0.2) is 42.5 Å². The number of hydrogen-bond acceptors (Lipinski definition) is 5. The van der Waals surface area contributed by atoms with Gasteiger partial charge in [-0.1, -0.05) is 12.1 Å². The van der Waals surface area contributed by atoms with Crippen molar-refractivity contribution in [1.82, 2.24) is 14.9 Å². The minimum Gasteiger partial charge on any atom is -0.486 e. The van der Waals surface area contributed by atoms with Crippen molar-refractivity contribution in [2.75, 3.05) is 31.6 Å². The summed E-state index contributed by atoms with van der Waals surface area (Å²) < 4.78 is 11.0. The average Bonchev–Trinajstić information content (AvgIpc) is 3.19.